The minimum Gasteiger partial charge on any atom is -0.305 e. The molecule has 0 saturated heterocycles. The standard InChI is InChI=1S/C33H36N2O5S2/c1-6-33(3,42(5,39)40)27-20-26-11-8-18-34-31(26)30(21-27)25-10-7-9-24(19-25)22(2)35(32(36)23-12-13-23)28-14-16-29(17-15-28)41(4,37)38/h7-11,14-23H,6,12-13H2,1-5H3. The summed E-state index contributed by atoms with van der Waals surface area (Å²) in [7, 11) is -6.79. The number of sulfone groups is 2. The molecule has 220 valence electrons. The maximum Gasteiger partial charge on any atom is 0.230 e. The third-order valence-electron chi connectivity index (χ3n) is 8.58. The fourth-order valence-corrected chi connectivity index (χ4v) is 7.14. The highest BCUT2D eigenvalue weighted by molar-refractivity contribution is 7.91. The zero-order valence-corrected chi connectivity index (χ0v) is 26.2. The highest BCUT2D eigenvalue weighted by Crippen LogP contribution is 2.41. The number of nitrogens with zero attached hydrogens (tertiary/aromatic N) is 2. The van der Waals surface area contributed by atoms with Crippen molar-refractivity contribution in [1.82, 2.24) is 4.98 Å². The molecule has 1 aromatic heterocycles. The second-order valence-electron chi connectivity index (χ2n) is 11.5. The van der Waals surface area contributed by atoms with Crippen LogP contribution in [0.15, 0.2) is 83.9 Å². The first-order valence-electron chi connectivity index (χ1n) is 14.1. The molecule has 0 bridgehead atoms. The van der Waals surface area contributed by atoms with Crippen molar-refractivity contribution in [3.05, 3.63) is 90.1 Å². The summed E-state index contributed by atoms with van der Waals surface area (Å²) < 4.78 is 48.9. The Hall–Kier alpha value is -3.56. The van der Waals surface area contributed by atoms with E-state index >= 15 is 0 Å². The maximum atomic E-state index is 13.6. The Labute approximate surface area is 248 Å². The first-order valence-corrected chi connectivity index (χ1v) is 17.9. The maximum absolute atomic E-state index is 13.6. The molecule has 2 unspecified atom stereocenters. The Morgan fingerprint density at radius 1 is 0.976 bits per heavy atom. The van der Waals surface area contributed by atoms with E-state index in [2.05, 4.69) is 4.98 Å². The van der Waals surface area contributed by atoms with E-state index in [9.17, 15) is 21.6 Å². The molecule has 3 aromatic carbocycles. The molecule has 4 aromatic rings. The monoisotopic (exact) mass is 604 g/mol. The molecule has 42 heavy (non-hydrogen) atoms. The van der Waals surface area contributed by atoms with Crippen LogP contribution >= 0.6 is 0 Å². The number of carbonyl (C=O) groups is 1. The minimum atomic E-state index is -3.43. The van der Waals surface area contributed by atoms with Crippen LogP contribution in [0.1, 0.15) is 57.2 Å². The lowest BCUT2D eigenvalue weighted by Crippen LogP contribution is -2.34. The topological polar surface area (TPSA) is 101 Å². The summed E-state index contributed by atoms with van der Waals surface area (Å²) >= 11 is 0. The zero-order valence-electron chi connectivity index (χ0n) is 24.5. The van der Waals surface area contributed by atoms with Gasteiger partial charge < -0.3 is 4.90 Å². The molecule has 1 amide bonds. The normalized spacial score (nSPS) is 16.1. The molecule has 1 fully saturated rings. The molecule has 1 aliphatic rings. The number of benzene rings is 3. The number of pyridine rings is 1. The molecule has 0 radical (unpaired) electrons. The molecular formula is C33H36N2O5S2. The lowest BCUT2D eigenvalue weighted by atomic mass is 9.90. The highest BCUT2D eigenvalue weighted by Gasteiger charge is 2.38. The number of carbonyl (C=O) groups excluding carboxylic acids is 1. The Morgan fingerprint density at radius 3 is 2.26 bits per heavy atom. The Balaban J connectivity index is 1.62. The van der Waals surface area contributed by atoms with E-state index in [-0.39, 0.29) is 22.8 Å². The number of fused-ring (bicyclic) bond motifs is 1. The Bertz CT molecular complexity index is 1880. The summed E-state index contributed by atoms with van der Waals surface area (Å²) in [6.07, 6.45) is 6.26. The van der Waals surface area contributed by atoms with Gasteiger partial charge in [-0.05, 0) is 98.3 Å². The molecule has 0 N–H and O–H groups in total. The van der Waals surface area contributed by atoms with E-state index in [0.717, 1.165) is 46.7 Å². The predicted octanol–water partition coefficient (Wildman–Crippen LogP) is 6.48. The van der Waals surface area contributed by atoms with Crippen molar-refractivity contribution in [2.75, 3.05) is 17.4 Å². The zero-order chi connectivity index (χ0) is 30.4. The first kappa shape index (κ1) is 29.9. The van der Waals surface area contributed by atoms with Crippen LogP contribution in [0.25, 0.3) is 22.0 Å². The third kappa shape index (κ3) is 5.60. The van der Waals surface area contributed by atoms with E-state index in [1.54, 1.807) is 30.2 Å². The van der Waals surface area contributed by atoms with E-state index in [1.165, 1.54) is 18.4 Å². The molecule has 1 aliphatic carbocycles. The highest BCUT2D eigenvalue weighted by atomic mass is 32.2. The van der Waals surface area contributed by atoms with Crippen molar-refractivity contribution in [3.8, 4) is 11.1 Å². The van der Waals surface area contributed by atoms with E-state index in [1.807, 2.05) is 62.4 Å². The van der Waals surface area contributed by atoms with Gasteiger partial charge in [0.25, 0.3) is 0 Å². The van der Waals surface area contributed by atoms with Crippen molar-refractivity contribution < 1.29 is 21.6 Å². The SMILES string of the molecule is CCC(C)(c1cc(-c2cccc(C(C)N(C(=O)C3CC3)c3ccc(S(C)(=O)=O)cc3)c2)c2ncccc2c1)S(C)(=O)=O. The van der Waals surface area contributed by atoms with Gasteiger partial charge in [-0.3, -0.25) is 9.78 Å². The van der Waals surface area contributed by atoms with Gasteiger partial charge in [0, 0.05) is 41.3 Å². The van der Waals surface area contributed by atoms with Gasteiger partial charge in [0.05, 0.1) is 21.2 Å². The average molecular weight is 605 g/mol. The van der Waals surface area contributed by atoms with Crippen LogP contribution < -0.4 is 4.90 Å². The lowest BCUT2D eigenvalue weighted by molar-refractivity contribution is -0.120. The second kappa shape index (κ2) is 10.9. The van der Waals surface area contributed by atoms with Gasteiger partial charge in [-0.2, -0.15) is 0 Å². The van der Waals surface area contributed by atoms with Crippen LogP contribution in [-0.2, 0) is 29.2 Å². The van der Waals surface area contributed by atoms with Crippen LogP contribution in [0.2, 0.25) is 0 Å². The number of anilines is 1. The smallest absolute Gasteiger partial charge is 0.230 e. The molecule has 7 nitrogen and oxygen atoms in total. The van der Waals surface area contributed by atoms with Gasteiger partial charge in [0.2, 0.25) is 5.91 Å². The number of amides is 1. The van der Waals surface area contributed by atoms with Gasteiger partial charge in [0.15, 0.2) is 19.7 Å². The number of hydrogen-bond acceptors (Lipinski definition) is 6. The van der Waals surface area contributed by atoms with Gasteiger partial charge in [0.1, 0.15) is 0 Å². The lowest BCUT2D eigenvalue weighted by Gasteiger charge is -2.30. The quantitative estimate of drug-likeness (QED) is 0.217. The molecule has 0 spiro atoms. The molecule has 2 atom stereocenters. The Morgan fingerprint density at radius 2 is 1.67 bits per heavy atom. The van der Waals surface area contributed by atoms with E-state index < -0.39 is 24.4 Å². The van der Waals surface area contributed by atoms with E-state index in [4.69, 9.17) is 0 Å². The van der Waals surface area contributed by atoms with Crippen molar-refractivity contribution in [3.63, 3.8) is 0 Å². The summed E-state index contributed by atoms with van der Waals surface area (Å²) in [5.74, 6) is -0.0289. The number of aromatic nitrogens is 1. The summed E-state index contributed by atoms with van der Waals surface area (Å²) in [6, 6.07) is 21.6. The van der Waals surface area contributed by atoms with Crippen molar-refractivity contribution in [2.45, 2.75) is 55.7 Å². The Kier molecular flexibility index (Phi) is 7.79. The fourth-order valence-electron chi connectivity index (χ4n) is 5.44. The second-order valence-corrected chi connectivity index (χ2v) is 16.0. The summed E-state index contributed by atoms with van der Waals surface area (Å²) in [4.78, 5) is 20.2. The molecule has 1 heterocycles. The minimum absolute atomic E-state index is 0.0148. The van der Waals surface area contributed by atoms with Crippen LogP contribution in [0.4, 0.5) is 5.69 Å². The average Bonchev–Trinajstić information content (AvgIpc) is 3.81. The van der Waals surface area contributed by atoms with Crippen molar-refractivity contribution >= 4 is 42.2 Å². The van der Waals surface area contributed by atoms with Crippen molar-refractivity contribution in [2.24, 2.45) is 5.92 Å². The van der Waals surface area contributed by atoms with Gasteiger partial charge in [-0.25, -0.2) is 16.8 Å². The molecule has 0 aliphatic heterocycles. The van der Waals surface area contributed by atoms with Crippen LogP contribution in [0.5, 0.6) is 0 Å². The summed E-state index contributed by atoms with van der Waals surface area (Å²) in [5.41, 5.74) is 4.68. The fraction of sp³-hybridized carbons (Fsp3) is 0.333. The molecule has 5 rings (SSSR count). The number of hydrogen-bond donors (Lipinski definition) is 0. The van der Waals surface area contributed by atoms with E-state index in [0.29, 0.717) is 17.7 Å². The van der Waals surface area contributed by atoms with Crippen LogP contribution in [0, 0.1) is 5.92 Å². The summed E-state index contributed by atoms with van der Waals surface area (Å²) in [6.45, 7) is 5.61. The van der Waals surface area contributed by atoms with Gasteiger partial charge >= 0.3 is 0 Å². The number of rotatable bonds is 9. The van der Waals surface area contributed by atoms with Crippen LogP contribution in [0.3, 0.4) is 0 Å². The van der Waals surface area contributed by atoms with Gasteiger partial charge in [-0.1, -0.05) is 31.2 Å². The molecule has 1 saturated carbocycles. The molecule has 9 heteroatoms. The predicted molar refractivity (Wildman–Crippen MR) is 168 cm³/mol. The largest absolute Gasteiger partial charge is 0.305 e. The van der Waals surface area contributed by atoms with Crippen molar-refractivity contribution in [1.29, 1.82) is 0 Å². The molecular weight excluding hydrogens is 569 g/mol. The summed E-state index contributed by atoms with van der Waals surface area (Å²) in [5, 5.41) is 0.850. The first-order chi connectivity index (χ1) is 19.7. The van der Waals surface area contributed by atoms with Gasteiger partial charge in [-0.15, -0.1) is 0 Å². The van der Waals surface area contributed by atoms with Crippen LogP contribution in [-0.4, -0.2) is 40.2 Å². The third-order valence-corrected chi connectivity index (χ3v) is 11.9.